The maximum Gasteiger partial charge on any atom is 0.213 e. The molecule has 0 radical (unpaired) electrons. The molecule has 3 N–H and O–H groups in total. The zero-order chi connectivity index (χ0) is 15.9. The van der Waals surface area contributed by atoms with Gasteiger partial charge < -0.3 is 10.1 Å². The number of allylic oxidation sites excluding steroid dienone is 2. The Kier molecular flexibility index (Phi) is 5.14. The molecule has 1 aromatic carbocycles. The van der Waals surface area contributed by atoms with Crippen LogP contribution in [0, 0.1) is 0 Å². The number of carbonyl (C=O) groups excluding carboxylic acids is 1. The van der Waals surface area contributed by atoms with Crippen molar-refractivity contribution in [3.63, 3.8) is 0 Å². The summed E-state index contributed by atoms with van der Waals surface area (Å²) in [5, 5.41) is 12.7. The number of aliphatic hydroxyl groups excluding tert-OH is 1. The van der Waals surface area contributed by atoms with Crippen LogP contribution in [0.5, 0.6) is 0 Å². The molecular formula is C17H19N3O2. The van der Waals surface area contributed by atoms with Crippen molar-refractivity contribution in [3.8, 4) is 0 Å². The number of nitrogens with zero attached hydrogens (tertiary/aromatic N) is 1. The lowest BCUT2D eigenvalue weighted by molar-refractivity contribution is -0.105. The van der Waals surface area contributed by atoms with E-state index >= 15 is 0 Å². The minimum absolute atomic E-state index is 0.177. The lowest BCUT2D eigenvalue weighted by Crippen LogP contribution is -1.98. The van der Waals surface area contributed by atoms with Crippen LogP contribution in [0.25, 0.3) is 5.57 Å². The number of benzene rings is 1. The Morgan fingerprint density at radius 1 is 1.32 bits per heavy atom. The highest BCUT2D eigenvalue weighted by Crippen LogP contribution is 2.31. The van der Waals surface area contributed by atoms with E-state index in [0.29, 0.717) is 23.6 Å². The Morgan fingerprint density at radius 2 is 2.09 bits per heavy atom. The van der Waals surface area contributed by atoms with Gasteiger partial charge in [-0.2, -0.15) is 0 Å². The third kappa shape index (κ3) is 3.09. The molecule has 0 aliphatic heterocycles. The lowest BCUT2D eigenvalue weighted by atomic mass is 9.97. The van der Waals surface area contributed by atoms with E-state index in [0.717, 1.165) is 17.5 Å². The molecule has 1 heterocycles. The molecular weight excluding hydrogens is 278 g/mol. The van der Waals surface area contributed by atoms with E-state index in [9.17, 15) is 9.90 Å². The fourth-order valence-corrected chi connectivity index (χ4v) is 2.32. The second kappa shape index (κ2) is 7.26. The fourth-order valence-electron chi connectivity index (χ4n) is 2.32. The molecule has 0 fully saturated rings. The number of fused-ring (bicyclic) bond motifs is 1. The molecule has 2 aromatic rings. The largest absolute Gasteiger partial charge is 0.507 e. The van der Waals surface area contributed by atoms with E-state index in [-0.39, 0.29) is 5.76 Å². The average Bonchev–Trinajstić information content (AvgIpc) is 2.92. The number of nitrogens with one attached hydrogen (secondary N) is 2. The first-order valence-electron chi connectivity index (χ1n) is 7.23. The van der Waals surface area contributed by atoms with Crippen LogP contribution in [-0.4, -0.2) is 21.5 Å². The topological polar surface area (TPSA) is 78.0 Å². The van der Waals surface area contributed by atoms with Gasteiger partial charge in [-0.05, 0) is 23.6 Å². The van der Waals surface area contributed by atoms with Crippen molar-refractivity contribution in [3.05, 3.63) is 65.2 Å². The Balaban J connectivity index is 0.000000847. The van der Waals surface area contributed by atoms with Crippen molar-refractivity contribution >= 4 is 17.9 Å². The van der Waals surface area contributed by atoms with Crippen LogP contribution in [-0.2, 0) is 11.2 Å². The average molecular weight is 297 g/mol. The third-order valence-electron chi connectivity index (χ3n) is 3.20. The van der Waals surface area contributed by atoms with Crippen molar-refractivity contribution in [2.45, 2.75) is 20.3 Å². The highest BCUT2D eigenvalue weighted by Gasteiger charge is 2.17. The van der Waals surface area contributed by atoms with Gasteiger partial charge >= 0.3 is 0 Å². The Bertz CT molecular complexity index is 714. The zero-order valence-electron chi connectivity index (χ0n) is 12.6. The van der Waals surface area contributed by atoms with Crippen LogP contribution < -0.4 is 5.32 Å². The normalized spacial score (nSPS) is 12.8. The summed E-state index contributed by atoms with van der Waals surface area (Å²) in [6.45, 7) is 4.00. The predicted molar refractivity (Wildman–Crippen MR) is 87.6 cm³/mol. The van der Waals surface area contributed by atoms with Crippen molar-refractivity contribution in [2.24, 2.45) is 0 Å². The number of rotatable bonds is 3. The Hall–Kier alpha value is -2.82. The van der Waals surface area contributed by atoms with Gasteiger partial charge in [-0.3, -0.25) is 10.1 Å². The molecule has 1 amide bonds. The van der Waals surface area contributed by atoms with Crippen LogP contribution in [0.1, 0.15) is 30.7 Å². The van der Waals surface area contributed by atoms with E-state index in [1.54, 1.807) is 12.3 Å². The summed E-state index contributed by atoms with van der Waals surface area (Å²) in [6, 6.07) is 7.89. The standard InChI is InChI=1S/C15H13N3O2.C2H6/c19-9-17-15-16-8-12(18-15)14-11-6-2-1-4-10(11)5-3-7-13(14)20;1-2/h1-4,6-9,20H,5H2,(H2,16,17,18,19);1-2H3. The molecule has 0 unspecified atom stereocenters. The minimum Gasteiger partial charge on any atom is -0.507 e. The number of carbonyl (C=O) groups is 1. The number of H-pyrrole nitrogens is 1. The number of aromatic nitrogens is 2. The van der Waals surface area contributed by atoms with Gasteiger partial charge in [0.25, 0.3) is 0 Å². The summed E-state index contributed by atoms with van der Waals surface area (Å²) in [5.74, 6) is 0.525. The number of amides is 1. The zero-order valence-corrected chi connectivity index (χ0v) is 12.6. The van der Waals surface area contributed by atoms with Gasteiger partial charge in [0.2, 0.25) is 12.4 Å². The van der Waals surface area contributed by atoms with Gasteiger partial charge in [-0.25, -0.2) is 4.98 Å². The number of hydrogen-bond acceptors (Lipinski definition) is 3. The first-order valence-corrected chi connectivity index (χ1v) is 7.23. The molecule has 0 spiro atoms. The Labute approximate surface area is 129 Å². The monoisotopic (exact) mass is 297 g/mol. The van der Waals surface area contributed by atoms with E-state index in [2.05, 4.69) is 15.3 Å². The molecule has 1 aliphatic carbocycles. The summed E-state index contributed by atoms with van der Waals surface area (Å²) in [6.07, 6.45) is 6.51. The molecule has 22 heavy (non-hydrogen) atoms. The molecule has 1 aliphatic rings. The first kappa shape index (κ1) is 15.6. The molecule has 0 atom stereocenters. The molecule has 0 saturated heterocycles. The maximum absolute atomic E-state index is 10.4. The maximum atomic E-state index is 10.4. The molecule has 0 bridgehead atoms. The van der Waals surface area contributed by atoms with Gasteiger partial charge in [-0.15, -0.1) is 0 Å². The summed E-state index contributed by atoms with van der Waals surface area (Å²) in [7, 11) is 0. The number of aromatic amines is 1. The van der Waals surface area contributed by atoms with E-state index < -0.39 is 0 Å². The first-order chi connectivity index (χ1) is 10.8. The number of aliphatic hydroxyl groups is 1. The SMILES string of the molecule is CC.O=CNc1ncc(C2=C(O)C=CCc3ccccc32)[nH]1. The fraction of sp³-hybridized carbons (Fsp3) is 0.176. The van der Waals surface area contributed by atoms with Crippen LogP contribution >= 0.6 is 0 Å². The second-order valence-electron chi connectivity index (χ2n) is 4.43. The smallest absolute Gasteiger partial charge is 0.213 e. The highest BCUT2D eigenvalue weighted by molar-refractivity contribution is 5.83. The summed E-state index contributed by atoms with van der Waals surface area (Å²) in [4.78, 5) is 17.5. The van der Waals surface area contributed by atoms with Gasteiger partial charge in [0.05, 0.1) is 11.9 Å². The predicted octanol–water partition coefficient (Wildman–Crippen LogP) is 3.43. The third-order valence-corrected chi connectivity index (χ3v) is 3.20. The van der Waals surface area contributed by atoms with Crippen molar-refractivity contribution in [1.29, 1.82) is 0 Å². The summed E-state index contributed by atoms with van der Waals surface area (Å²) in [5.41, 5.74) is 3.42. The summed E-state index contributed by atoms with van der Waals surface area (Å²) < 4.78 is 0. The van der Waals surface area contributed by atoms with Crippen molar-refractivity contribution < 1.29 is 9.90 Å². The van der Waals surface area contributed by atoms with Crippen LogP contribution in [0.15, 0.2) is 48.4 Å². The van der Waals surface area contributed by atoms with Gasteiger partial charge in [0.1, 0.15) is 5.76 Å². The van der Waals surface area contributed by atoms with Gasteiger partial charge in [0, 0.05) is 5.57 Å². The van der Waals surface area contributed by atoms with Gasteiger partial charge in [-0.1, -0.05) is 44.2 Å². The lowest BCUT2D eigenvalue weighted by Gasteiger charge is -2.10. The second-order valence-corrected chi connectivity index (χ2v) is 4.43. The van der Waals surface area contributed by atoms with E-state index in [1.807, 2.05) is 44.2 Å². The van der Waals surface area contributed by atoms with Crippen molar-refractivity contribution in [2.75, 3.05) is 5.32 Å². The summed E-state index contributed by atoms with van der Waals surface area (Å²) >= 11 is 0. The van der Waals surface area contributed by atoms with Crippen molar-refractivity contribution in [1.82, 2.24) is 9.97 Å². The van der Waals surface area contributed by atoms with E-state index in [4.69, 9.17) is 0 Å². The number of hydrogen-bond donors (Lipinski definition) is 3. The molecule has 3 rings (SSSR count). The highest BCUT2D eigenvalue weighted by atomic mass is 16.3. The Morgan fingerprint density at radius 3 is 2.86 bits per heavy atom. The van der Waals surface area contributed by atoms with Gasteiger partial charge in [0.15, 0.2) is 0 Å². The molecule has 5 heteroatoms. The number of anilines is 1. The molecule has 5 nitrogen and oxygen atoms in total. The molecule has 1 aromatic heterocycles. The van der Waals surface area contributed by atoms with Crippen LogP contribution in [0.3, 0.4) is 0 Å². The minimum atomic E-state index is 0.177. The number of imidazole rings is 1. The molecule has 0 saturated carbocycles. The quantitative estimate of drug-likeness (QED) is 0.759. The van der Waals surface area contributed by atoms with Crippen LogP contribution in [0.4, 0.5) is 5.95 Å². The van der Waals surface area contributed by atoms with E-state index in [1.165, 1.54) is 0 Å². The van der Waals surface area contributed by atoms with Crippen LogP contribution in [0.2, 0.25) is 0 Å². The molecule has 114 valence electrons.